The molecule has 1 unspecified atom stereocenters. The molecule has 0 bridgehead atoms. The summed E-state index contributed by atoms with van der Waals surface area (Å²) in [5.41, 5.74) is 0.167. The molecule has 0 spiro atoms. The third-order valence-electron chi connectivity index (χ3n) is 2.77. The summed E-state index contributed by atoms with van der Waals surface area (Å²) in [6, 6.07) is 6.59. The van der Waals surface area contributed by atoms with Crippen LogP contribution in [0.4, 0.5) is 13.2 Å². The van der Waals surface area contributed by atoms with Crippen molar-refractivity contribution in [3.8, 4) is 0 Å². The zero-order valence-electron chi connectivity index (χ0n) is 9.43. The van der Waals surface area contributed by atoms with Gasteiger partial charge in [-0.05, 0) is 23.5 Å². The number of allylic oxidation sites excluding steroid dienone is 1. The van der Waals surface area contributed by atoms with Crippen LogP contribution in [0.2, 0.25) is 0 Å². The molecule has 1 atom stereocenters. The van der Waals surface area contributed by atoms with Gasteiger partial charge in [-0.15, -0.1) is 0 Å². The van der Waals surface area contributed by atoms with E-state index in [1.54, 1.807) is 18.2 Å². The van der Waals surface area contributed by atoms with Crippen molar-refractivity contribution in [2.45, 2.75) is 32.4 Å². The Morgan fingerprint density at radius 2 is 1.88 bits per heavy atom. The molecule has 0 saturated heterocycles. The highest BCUT2D eigenvalue weighted by Gasteiger charge is 2.34. The van der Waals surface area contributed by atoms with E-state index in [4.69, 9.17) is 0 Å². The lowest BCUT2D eigenvalue weighted by Gasteiger charge is -2.18. The molecule has 0 aromatic heterocycles. The quantitative estimate of drug-likeness (QED) is 0.698. The summed E-state index contributed by atoms with van der Waals surface area (Å²) in [6.07, 6.45) is -3.55. The second-order valence-corrected chi connectivity index (χ2v) is 3.87. The van der Waals surface area contributed by atoms with Gasteiger partial charge in [0, 0.05) is 0 Å². The topological polar surface area (TPSA) is 0 Å². The molecule has 0 amide bonds. The number of hydrogen-bond donors (Lipinski definition) is 0. The Kier molecular flexibility index (Phi) is 3.79. The summed E-state index contributed by atoms with van der Waals surface area (Å²) in [4.78, 5) is 0. The Morgan fingerprint density at radius 3 is 2.38 bits per heavy atom. The summed E-state index contributed by atoms with van der Waals surface area (Å²) in [5.74, 6) is 0.107. The Bertz CT molecular complexity index is 377. The van der Waals surface area contributed by atoms with Crippen LogP contribution in [-0.4, -0.2) is 6.18 Å². The van der Waals surface area contributed by atoms with E-state index in [-0.39, 0.29) is 11.5 Å². The Labute approximate surface area is 93.8 Å². The number of benzene rings is 1. The molecule has 1 rings (SSSR count). The average Bonchev–Trinajstić information content (AvgIpc) is 2.25. The maximum Gasteiger partial charge on any atom is 0.416 e. The molecule has 0 aliphatic heterocycles. The molecule has 0 aliphatic rings. The minimum Gasteiger partial charge on any atom is -0.166 e. The largest absolute Gasteiger partial charge is 0.416 e. The second kappa shape index (κ2) is 4.73. The Morgan fingerprint density at radius 1 is 1.31 bits per heavy atom. The molecule has 0 saturated carbocycles. The normalized spacial score (nSPS) is 13.6. The van der Waals surface area contributed by atoms with Gasteiger partial charge in [-0.3, -0.25) is 0 Å². The van der Waals surface area contributed by atoms with Crippen LogP contribution >= 0.6 is 0 Å². The number of hydrogen-bond acceptors (Lipinski definition) is 0. The van der Waals surface area contributed by atoms with Crippen LogP contribution in [0.25, 0.3) is 5.57 Å². The highest BCUT2D eigenvalue weighted by Crippen LogP contribution is 2.36. The lowest BCUT2D eigenvalue weighted by Crippen LogP contribution is -2.11. The van der Waals surface area contributed by atoms with Gasteiger partial charge in [0.1, 0.15) is 0 Å². The number of rotatable bonds is 3. The van der Waals surface area contributed by atoms with Crippen molar-refractivity contribution in [2.24, 2.45) is 0 Å². The Hall–Kier alpha value is -1.25. The van der Waals surface area contributed by atoms with E-state index in [2.05, 4.69) is 6.58 Å². The van der Waals surface area contributed by atoms with Gasteiger partial charge in [-0.2, -0.15) is 13.2 Å². The van der Waals surface area contributed by atoms with Crippen molar-refractivity contribution in [2.75, 3.05) is 0 Å². The fraction of sp³-hybridized carbons (Fsp3) is 0.385. The number of halogens is 3. The van der Waals surface area contributed by atoms with E-state index < -0.39 is 11.7 Å². The monoisotopic (exact) mass is 228 g/mol. The minimum absolute atomic E-state index is 0.107. The van der Waals surface area contributed by atoms with Gasteiger partial charge < -0.3 is 0 Å². The first kappa shape index (κ1) is 12.8. The smallest absolute Gasteiger partial charge is 0.166 e. The highest BCUT2D eigenvalue weighted by molar-refractivity contribution is 5.70. The van der Waals surface area contributed by atoms with Crippen LogP contribution in [0.15, 0.2) is 30.8 Å². The highest BCUT2D eigenvalue weighted by atomic mass is 19.4. The second-order valence-electron chi connectivity index (χ2n) is 3.87. The van der Waals surface area contributed by atoms with Crippen molar-refractivity contribution in [1.82, 2.24) is 0 Å². The zero-order valence-corrected chi connectivity index (χ0v) is 9.43. The summed E-state index contributed by atoms with van der Waals surface area (Å²) in [6.45, 7) is 7.02. The van der Waals surface area contributed by atoms with E-state index in [1.165, 1.54) is 6.07 Å². The van der Waals surface area contributed by atoms with Crippen LogP contribution in [0.5, 0.6) is 0 Å². The van der Waals surface area contributed by atoms with E-state index in [0.717, 1.165) is 6.42 Å². The van der Waals surface area contributed by atoms with Crippen molar-refractivity contribution >= 4 is 5.57 Å². The fourth-order valence-corrected chi connectivity index (χ4v) is 1.57. The van der Waals surface area contributed by atoms with Gasteiger partial charge in [-0.1, -0.05) is 44.7 Å². The molecule has 1 aromatic carbocycles. The van der Waals surface area contributed by atoms with E-state index in [9.17, 15) is 13.2 Å². The van der Waals surface area contributed by atoms with Crippen molar-refractivity contribution in [1.29, 1.82) is 0 Å². The van der Waals surface area contributed by atoms with Crippen molar-refractivity contribution in [3.63, 3.8) is 0 Å². The molecule has 0 heterocycles. The van der Waals surface area contributed by atoms with Gasteiger partial charge in [0.25, 0.3) is 0 Å². The molecule has 16 heavy (non-hydrogen) atoms. The summed E-state index contributed by atoms with van der Waals surface area (Å²) in [5, 5.41) is 0. The molecule has 0 aliphatic carbocycles. The van der Waals surface area contributed by atoms with E-state index in [1.807, 2.05) is 13.8 Å². The molecular formula is C13H15F3. The predicted molar refractivity (Wildman–Crippen MR) is 60.2 cm³/mol. The molecule has 0 N–H and O–H groups in total. The third-order valence-corrected chi connectivity index (χ3v) is 2.77. The molecule has 0 radical (unpaired) electrons. The van der Waals surface area contributed by atoms with Gasteiger partial charge in [0.15, 0.2) is 0 Å². The van der Waals surface area contributed by atoms with Crippen LogP contribution < -0.4 is 0 Å². The maximum atomic E-state index is 12.6. The van der Waals surface area contributed by atoms with Crippen molar-refractivity contribution in [3.05, 3.63) is 42.0 Å². The van der Waals surface area contributed by atoms with Crippen LogP contribution in [-0.2, 0) is 0 Å². The summed E-state index contributed by atoms with van der Waals surface area (Å²) < 4.78 is 37.7. The SMILES string of the molecule is C=C(c1ccccc1C(C)CC)C(F)(F)F. The van der Waals surface area contributed by atoms with Crippen molar-refractivity contribution < 1.29 is 13.2 Å². The molecule has 0 nitrogen and oxygen atoms in total. The zero-order chi connectivity index (χ0) is 12.3. The minimum atomic E-state index is -4.36. The molecule has 1 aromatic rings. The van der Waals surface area contributed by atoms with Gasteiger partial charge >= 0.3 is 6.18 Å². The average molecular weight is 228 g/mol. The van der Waals surface area contributed by atoms with Gasteiger partial charge in [0.05, 0.1) is 5.57 Å². The summed E-state index contributed by atoms with van der Waals surface area (Å²) in [7, 11) is 0. The fourth-order valence-electron chi connectivity index (χ4n) is 1.57. The van der Waals surface area contributed by atoms with Gasteiger partial charge in [-0.25, -0.2) is 0 Å². The van der Waals surface area contributed by atoms with Crippen LogP contribution in [0.1, 0.15) is 37.3 Å². The first-order chi connectivity index (χ1) is 7.38. The van der Waals surface area contributed by atoms with Crippen LogP contribution in [0.3, 0.4) is 0 Å². The first-order valence-corrected chi connectivity index (χ1v) is 5.23. The van der Waals surface area contributed by atoms with E-state index >= 15 is 0 Å². The Balaban J connectivity index is 3.19. The number of alkyl halides is 3. The first-order valence-electron chi connectivity index (χ1n) is 5.23. The summed E-state index contributed by atoms with van der Waals surface area (Å²) >= 11 is 0. The predicted octanol–water partition coefficient (Wildman–Crippen LogP) is 4.78. The lowest BCUT2D eigenvalue weighted by atomic mass is 9.90. The molecular weight excluding hydrogens is 213 g/mol. The molecule has 3 heteroatoms. The van der Waals surface area contributed by atoms with Crippen LogP contribution in [0, 0.1) is 0 Å². The molecule has 88 valence electrons. The molecule has 0 fully saturated rings. The van der Waals surface area contributed by atoms with Gasteiger partial charge in [0.2, 0.25) is 0 Å². The third kappa shape index (κ3) is 2.65. The standard InChI is InChI=1S/C13H15F3/c1-4-9(2)11-7-5-6-8-12(11)10(3)13(14,15)16/h5-9H,3-4H2,1-2H3. The van der Waals surface area contributed by atoms with E-state index in [0.29, 0.717) is 5.56 Å². The maximum absolute atomic E-state index is 12.6. The lowest BCUT2D eigenvalue weighted by molar-refractivity contribution is -0.0687.